The second-order valence-electron chi connectivity index (χ2n) is 4.32. The molecule has 0 saturated carbocycles. The van der Waals surface area contributed by atoms with Crippen LogP contribution in [0.3, 0.4) is 0 Å². The van der Waals surface area contributed by atoms with E-state index < -0.39 is 10.8 Å². The minimum absolute atomic E-state index is 0.110. The van der Waals surface area contributed by atoms with Gasteiger partial charge in [-0.25, -0.2) is 4.98 Å². The maximum Gasteiger partial charge on any atom is 0.274 e. The number of H-pyrrole nitrogens is 1. The van der Waals surface area contributed by atoms with Gasteiger partial charge in [0, 0.05) is 34.8 Å². The van der Waals surface area contributed by atoms with Crippen LogP contribution in [-0.2, 0) is 12.2 Å². The van der Waals surface area contributed by atoms with E-state index in [4.69, 9.17) is 5.73 Å². The number of thioether (sulfide) groups is 1. The lowest BCUT2D eigenvalue weighted by Gasteiger charge is -2.03. The molecule has 110 valence electrons. The maximum atomic E-state index is 11.1. The first kappa shape index (κ1) is 15.0. The number of nitrogens with one attached hydrogen (secondary N) is 1. The van der Waals surface area contributed by atoms with E-state index in [2.05, 4.69) is 9.97 Å². The first-order valence-electron chi connectivity index (χ1n) is 6.25. The fraction of sp³-hybridized carbons (Fsp3) is 0.231. The Morgan fingerprint density at radius 1 is 1.52 bits per heavy atom. The number of carbonyl (C=O) groups is 1. The van der Waals surface area contributed by atoms with Crippen LogP contribution in [0.25, 0.3) is 0 Å². The van der Waals surface area contributed by atoms with Crippen molar-refractivity contribution in [3.05, 3.63) is 51.3 Å². The van der Waals surface area contributed by atoms with Crippen LogP contribution < -0.4 is 5.73 Å². The number of rotatable bonds is 6. The molecule has 0 saturated heterocycles. The van der Waals surface area contributed by atoms with Crippen molar-refractivity contribution in [3.63, 3.8) is 0 Å². The quantitative estimate of drug-likeness (QED) is 0.482. The monoisotopic (exact) mass is 306 g/mol. The number of nitrogens with zero attached hydrogens (tertiary/aromatic N) is 2. The van der Waals surface area contributed by atoms with E-state index in [-0.39, 0.29) is 11.3 Å². The molecule has 2 rings (SSSR count). The molecule has 0 spiro atoms. The van der Waals surface area contributed by atoms with E-state index >= 15 is 0 Å². The van der Waals surface area contributed by atoms with Gasteiger partial charge in [0.2, 0.25) is 5.91 Å². The Morgan fingerprint density at radius 3 is 2.86 bits per heavy atom. The van der Waals surface area contributed by atoms with Crippen molar-refractivity contribution in [1.29, 1.82) is 0 Å². The number of aromatic amines is 1. The highest BCUT2D eigenvalue weighted by Crippen LogP contribution is 2.27. The number of amides is 1. The number of benzene rings is 1. The lowest BCUT2D eigenvalue weighted by atomic mass is 10.1. The van der Waals surface area contributed by atoms with Gasteiger partial charge in [0.05, 0.1) is 4.92 Å². The molecule has 7 nitrogen and oxygen atoms in total. The molecule has 1 aromatic heterocycles. The van der Waals surface area contributed by atoms with Crippen molar-refractivity contribution in [2.75, 3.05) is 0 Å². The number of nitrogens with two attached hydrogens (primary N) is 1. The highest BCUT2D eigenvalue weighted by molar-refractivity contribution is 7.98. The van der Waals surface area contributed by atoms with Crippen LogP contribution in [-0.4, -0.2) is 20.8 Å². The second-order valence-corrected chi connectivity index (χ2v) is 5.28. The summed E-state index contributed by atoms with van der Waals surface area (Å²) < 4.78 is 0. The Morgan fingerprint density at radius 2 is 2.29 bits per heavy atom. The molecule has 21 heavy (non-hydrogen) atoms. The highest BCUT2D eigenvalue weighted by atomic mass is 32.2. The number of primary amides is 1. The molecule has 0 unspecified atom stereocenters. The van der Waals surface area contributed by atoms with Gasteiger partial charge in [-0.1, -0.05) is 24.8 Å². The molecular formula is C13H14N4O3S. The van der Waals surface area contributed by atoms with Gasteiger partial charge in [-0.2, -0.15) is 0 Å². The van der Waals surface area contributed by atoms with Crippen LogP contribution in [0.4, 0.5) is 5.69 Å². The lowest BCUT2D eigenvalue weighted by molar-refractivity contribution is -0.385. The van der Waals surface area contributed by atoms with Crippen LogP contribution in [0, 0.1) is 10.1 Å². The average Bonchev–Trinajstić information content (AvgIpc) is 2.92. The number of aromatic nitrogens is 2. The summed E-state index contributed by atoms with van der Waals surface area (Å²) in [4.78, 5) is 29.0. The third-order valence-corrected chi connectivity index (χ3v) is 3.85. The maximum absolute atomic E-state index is 11.1. The predicted octanol–water partition coefficient (Wildman–Crippen LogP) is 2.27. The number of nitro groups is 1. The normalized spacial score (nSPS) is 10.5. The van der Waals surface area contributed by atoms with E-state index in [1.54, 1.807) is 12.3 Å². The molecule has 1 heterocycles. The van der Waals surface area contributed by atoms with Crippen LogP contribution in [0.1, 0.15) is 28.5 Å². The zero-order valence-electron chi connectivity index (χ0n) is 11.3. The van der Waals surface area contributed by atoms with Crippen LogP contribution in [0.2, 0.25) is 0 Å². The lowest BCUT2D eigenvalue weighted by Crippen LogP contribution is -2.11. The van der Waals surface area contributed by atoms with Crippen LogP contribution in [0.5, 0.6) is 0 Å². The van der Waals surface area contributed by atoms with Gasteiger partial charge in [-0.3, -0.25) is 14.9 Å². The minimum Gasteiger partial charge on any atom is -0.366 e. The Labute approximate surface area is 125 Å². The Kier molecular flexibility index (Phi) is 4.59. The van der Waals surface area contributed by atoms with E-state index in [1.165, 1.54) is 23.9 Å². The standard InChI is InChI=1S/C13H14N4O3S/c1-2-10-6-15-13(16-10)21-7-9-4-3-8(12(14)18)5-11(9)17(19)20/h3-6H,2,7H2,1H3,(H2,14,18)(H,15,16). The van der Waals surface area contributed by atoms with E-state index in [0.717, 1.165) is 12.1 Å². The van der Waals surface area contributed by atoms with Crippen LogP contribution >= 0.6 is 11.8 Å². The van der Waals surface area contributed by atoms with Crippen molar-refractivity contribution in [2.24, 2.45) is 5.73 Å². The summed E-state index contributed by atoms with van der Waals surface area (Å²) in [5.41, 5.74) is 6.68. The summed E-state index contributed by atoms with van der Waals surface area (Å²) in [7, 11) is 0. The third-order valence-electron chi connectivity index (χ3n) is 2.92. The van der Waals surface area contributed by atoms with Gasteiger partial charge in [0.25, 0.3) is 5.69 Å². The molecule has 0 radical (unpaired) electrons. The summed E-state index contributed by atoms with van der Waals surface area (Å²) in [6.07, 6.45) is 2.59. The Bertz CT molecular complexity index is 684. The van der Waals surface area contributed by atoms with Crippen molar-refractivity contribution < 1.29 is 9.72 Å². The fourth-order valence-corrected chi connectivity index (χ4v) is 2.61. The topological polar surface area (TPSA) is 115 Å². The largest absolute Gasteiger partial charge is 0.366 e. The number of aryl methyl sites for hydroxylation is 1. The number of hydrogen-bond donors (Lipinski definition) is 2. The summed E-state index contributed by atoms with van der Waals surface area (Å²) in [5.74, 6) is -0.303. The highest BCUT2D eigenvalue weighted by Gasteiger charge is 2.17. The van der Waals surface area contributed by atoms with Gasteiger partial charge in [-0.05, 0) is 12.5 Å². The van der Waals surface area contributed by atoms with Gasteiger partial charge < -0.3 is 10.7 Å². The SMILES string of the molecule is CCc1cnc(SCc2ccc(C(N)=O)cc2[N+](=O)[O-])[nH]1. The fourth-order valence-electron chi connectivity index (χ4n) is 1.75. The average molecular weight is 306 g/mol. The Hall–Kier alpha value is -2.35. The second kappa shape index (κ2) is 6.40. The van der Waals surface area contributed by atoms with E-state index in [0.29, 0.717) is 16.5 Å². The zero-order valence-corrected chi connectivity index (χ0v) is 12.1. The number of carbonyl (C=O) groups excluding carboxylic acids is 1. The van der Waals surface area contributed by atoms with Gasteiger partial charge >= 0.3 is 0 Å². The molecule has 1 amide bonds. The smallest absolute Gasteiger partial charge is 0.274 e. The molecule has 0 aliphatic heterocycles. The summed E-state index contributed by atoms with van der Waals surface area (Å²) in [6, 6.07) is 4.25. The summed E-state index contributed by atoms with van der Waals surface area (Å²) >= 11 is 1.37. The first-order chi connectivity index (χ1) is 10.0. The minimum atomic E-state index is -0.684. The molecule has 3 N–H and O–H groups in total. The zero-order chi connectivity index (χ0) is 15.4. The van der Waals surface area contributed by atoms with Gasteiger partial charge in [-0.15, -0.1) is 0 Å². The molecule has 0 bridgehead atoms. The van der Waals surface area contributed by atoms with Crippen molar-refractivity contribution in [2.45, 2.75) is 24.3 Å². The molecule has 1 aromatic carbocycles. The molecule has 2 aromatic rings. The molecular weight excluding hydrogens is 292 g/mol. The van der Waals surface area contributed by atoms with Gasteiger partial charge in [0.1, 0.15) is 0 Å². The van der Waals surface area contributed by atoms with Crippen molar-refractivity contribution >= 4 is 23.4 Å². The van der Waals surface area contributed by atoms with Gasteiger partial charge in [0.15, 0.2) is 5.16 Å². The molecule has 8 heteroatoms. The van der Waals surface area contributed by atoms with E-state index in [1.807, 2.05) is 6.92 Å². The molecule has 0 aliphatic carbocycles. The summed E-state index contributed by atoms with van der Waals surface area (Å²) in [6.45, 7) is 2.01. The molecule has 0 aliphatic rings. The summed E-state index contributed by atoms with van der Waals surface area (Å²) in [5, 5.41) is 11.8. The van der Waals surface area contributed by atoms with Crippen molar-refractivity contribution in [3.8, 4) is 0 Å². The number of nitro benzene ring substituents is 1. The van der Waals surface area contributed by atoms with E-state index in [9.17, 15) is 14.9 Å². The molecule has 0 fully saturated rings. The van der Waals surface area contributed by atoms with Crippen LogP contribution in [0.15, 0.2) is 29.6 Å². The predicted molar refractivity (Wildman–Crippen MR) is 79.1 cm³/mol. The number of hydrogen-bond acceptors (Lipinski definition) is 5. The number of imidazole rings is 1. The third kappa shape index (κ3) is 3.60. The molecule has 0 atom stereocenters. The van der Waals surface area contributed by atoms with Crippen molar-refractivity contribution in [1.82, 2.24) is 9.97 Å². The first-order valence-corrected chi connectivity index (χ1v) is 7.23. The Balaban J connectivity index is 2.19.